The molecule has 0 aliphatic rings. The van der Waals surface area contributed by atoms with Gasteiger partial charge in [-0.25, -0.2) is 0 Å². The van der Waals surface area contributed by atoms with Gasteiger partial charge in [0.25, 0.3) is 0 Å². The van der Waals surface area contributed by atoms with Crippen LogP contribution < -0.4 is 0 Å². The van der Waals surface area contributed by atoms with Crippen molar-refractivity contribution in [2.24, 2.45) is 0 Å². The maximum Gasteiger partial charge on any atom is 0.244 e. The first-order chi connectivity index (χ1) is 6.12. The summed E-state index contributed by atoms with van der Waals surface area (Å²) in [6.45, 7) is 5.57. The molecule has 0 saturated heterocycles. The number of hydrogen-bond donors (Lipinski definition) is 1. The summed E-state index contributed by atoms with van der Waals surface area (Å²) < 4.78 is 10.8. The first-order valence-corrected chi connectivity index (χ1v) is 8.53. The lowest BCUT2D eigenvalue weighted by atomic mass is 10.4. The molecule has 2 nitrogen and oxygen atoms in total. The van der Waals surface area contributed by atoms with Crippen molar-refractivity contribution in [2.75, 3.05) is 13.2 Å². The van der Waals surface area contributed by atoms with Crippen molar-refractivity contribution in [3.8, 4) is 0 Å². The van der Waals surface area contributed by atoms with Gasteiger partial charge < -0.3 is 9.05 Å². The van der Waals surface area contributed by atoms with Crippen LogP contribution in [0.5, 0.6) is 0 Å². The van der Waals surface area contributed by atoms with E-state index in [1.54, 1.807) is 0 Å². The van der Waals surface area contributed by atoms with Crippen molar-refractivity contribution in [2.45, 2.75) is 39.5 Å². The number of hydrogen-bond acceptors (Lipinski definition) is 3. The predicted octanol–water partition coefficient (Wildman–Crippen LogP) is 3.77. The Hall–Kier alpha value is 0.920. The van der Waals surface area contributed by atoms with E-state index in [0.717, 1.165) is 25.7 Å². The largest absolute Gasteiger partial charge is 0.322 e. The molecule has 0 amide bonds. The van der Waals surface area contributed by atoms with Gasteiger partial charge in [-0.2, -0.15) is 0 Å². The fourth-order valence-electron chi connectivity index (χ4n) is 0.686. The van der Waals surface area contributed by atoms with Crippen molar-refractivity contribution < 1.29 is 9.05 Å². The Morgan fingerprint density at radius 3 is 1.77 bits per heavy atom. The van der Waals surface area contributed by atoms with Crippen LogP contribution in [0.2, 0.25) is 0 Å². The first-order valence-electron chi connectivity index (χ1n) is 4.74. The third-order valence-corrected chi connectivity index (χ3v) is 3.85. The van der Waals surface area contributed by atoms with Crippen molar-refractivity contribution in [1.82, 2.24) is 0 Å². The van der Waals surface area contributed by atoms with Gasteiger partial charge in [-0.15, -0.1) is 0 Å². The summed E-state index contributed by atoms with van der Waals surface area (Å²) in [5, 5.41) is 0. The van der Waals surface area contributed by atoms with Crippen LogP contribution in [0.1, 0.15) is 39.5 Å². The molecule has 13 heavy (non-hydrogen) atoms. The lowest BCUT2D eigenvalue weighted by molar-refractivity contribution is 0.253. The Labute approximate surface area is 91.7 Å². The van der Waals surface area contributed by atoms with Crippen LogP contribution in [0.3, 0.4) is 0 Å². The van der Waals surface area contributed by atoms with Crippen LogP contribution in [0.15, 0.2) is 0 Å². The van der Waals surface area contributed by atoms with Crippen molar-refractivity contribution in [3.63, 3.8) is 0 Å². The van der Waals surface area contributed by atoms with Gasteiger partial charge in [0.05, 0.1) is 13.2 Å². The molecule has 0 rings (SSSR count). The highest BCUT2D eigenvalue weighted by atomic mass is 32.9. The molecule has 0 aromatic rings. The summed E-state index contributed by atoms with van der Waals surface area (Å²) >= 11 is 9.31. The Kier molecular flexibility index (Phi) is 8.83. The summed E-state index contributed by atoms with van der Waals surface area (Å²) in [6.07, 6.45) is 4.27. The average Bonchev–Trinajstić information content (AvgIpc) is 2.05. The third kappa shape index (κ3) is 9.23. The monoisotopic (exact) mass is 242 g/mol. The number of rotatable bonds is 8. The Bertz CT molecular complexity index is 150. The van der Waals surface area contributed by atoms with Crippen molar-refractivity contribution >= 4 is 29.7 Å². The van der Waals surface area contributed by atoms with Gasteiger partial charge in [0.1, 0.15) is 0 Å². The lowest BCUT2D eigenvalue weighted by Crippen LogP contribution is -1.94. The number of unbranched alkanes of at least 4 members (excludes halogenated alkanes) is 2. The molecule has 0 radical (unpaired) electrons. The Balaban J connectivity index is 3.49. The molecule has 0 aromatic heterocycles. The molecule has 5 heteroatoms. The molecule has 0 bridgehead atoms. The molecule has 0 fully saturated rings. The summed E-state index contributed by atoms with van der Waals surface area (Å²) in [5.41, 5.74) is -2.22. The minimum atomic E-state index is -2.22. The maximum atomic E-state index is 5.38. The highest BCUT2D eigenvalue weighted by molar-refractivity contribution is 8.60. The van der Waals surface area contributed by atoms with Crippen LogP contribution in [0, 0.1) is 0 Å². The molecule has 0 atom stereocenters. The second kappa shape index (κ2) is 8.25. The fourth-order valence-corrected chi connectivity index (χ4v) is 2.42. The van der Waals surface area contributed by atoms with Crippen LogP contribution in [0.25, 0.3) is 0 Å². The van der Waals surface area contributed by atoms with Gasteiger partial charge in [-0.1, -0.05) is 38.9 Å². The summed E-state index contributed by atoms with van der Waals surface area (Å²) in [4.78, 5) is 0. The van der Waals surface area contributed by atoms with E-state index in [2.05, 4.69) is 26.1 Å². The smallest absolute Gasteiger partial charge is 0.244 e. The standard InChI is InChI=1S/C8H19O2PS2/c1-3-5-7-9-11(12,13)10-8-6-4-2/h3-8H2,1-2H3,(H,12,13). The van der Waals surface area contributed by atoms with Crippen molar-refractivity contribution in [3.05, 3.63) is 0 Å². The fraction of sp³-hybridized carbons (Fsp3) is 1.00. The van der Waals surface area contributed by atoms with E-state index >= 15 is 0 Å². The van der Waals surface area contributed by atoms with Gasteiger partial charge in [0.2, 0.25) is 5.69 Å². The zero-order chi connectivity index (χ0) is 10.2. The molecule has 0 N–H and O–H groups in total. The minimum Gasteiger partial charge on any atom is -0.322 e. The zero-order valence-corrected chi connectivity index (χ0v) is 11.0. The molecular weight excluding hydrogens is 223 g/mol. The topological polar surface area (TPSA) is 18.5 Å². The summed E-state index contributed by atoms with van der Waals surface area (Å²) in [6, 6.07) is 0. The van der Waals surface area contributed by atoms with E-state index in [-0.39, 0.29) is 0 Å². The molecule has 0 aromatic carbocycles. The van der Waals surface area contributed by atoms with Gasteiger partial charge >= 0.3 is 0 Å². The van der Waals surface area contributed by atoms with E-state index in [0.29, 0.717) is 13.2 Å². The van der Waals surface area contributed by atoms with Gasteiger partial charge in [-0.05, 0) is 24.6 Å². The molecule has 0 heterocycles. The van der Waals surface area contributed by atoms with E-state index in [4.69, 9.17) is 20.9 Å². The minimum absolute atomic E-state index is 0.670. The van der Waals surface area contributed by atoms with Crippen molar-refractivity contribution in [1.29, 1.82) is 0 Å². The summed E-state index contributed by atoms with van der Waals surface area (Å²) in [5.74, 6) is 0. The van der Waals surface area contributed by atoms with Gasteiger partial charge in [0.15, 0.2) is 0 Å². The van der Waals surface area contributed by atoms with Gasteiger partial charge in [0, 0.05) is 0 Å². The van der Waals surface area contributed by atoms with Crippen LogP contribution in [-0.4, -0.2) is 13.2 Å². The highest BCUT2D eigenvalue weighted by Gasteiger charge is 2.11. The molecule has 0 saturated carbocycles. The summed E-state index contributed by atoms with van der Waals surface area (Å²) in [7, 11) is 0. The molecule has 0 aliphatic carbocycles. The van der Waals surface area contributed by atoms with E-state index in [1.165, 1.54) is 0 Å². The van der Waals surface area contributed by atoms with Crippen LogP contribution in [0.4, 0.5) is 0 Å². The van der Waals surface area contributed by atoms with Crippen LogP contribution >= 0.6 is 17.9 Å². The van der Waals surface area contributed by atoms with E-state index in [1.807, 2.05) is 0 Å². The second-order valence-corrected chi connectivity index (χ2v) is 8.13. The first kappa shape index (κ1) is 13.9. The van der Waals surface area contributed by atoms with Gasteiger partial charge in [-0.3, -0.25) is 0 Å². The van der Waals surface area contributed by atoms with E-state index < -0.39 is 5.69 Å². The Morgan fingerprint density at radius 1 is 1.08 bits per heavy atom. The molecular formula is C8H19O2PS2. The highest BCUT2D eigenvalue weighted by Crippen LogP contribution is 2.53. The molecule has 0 unspecified atom stereocenters. The second-order valence-electron chi connectivity index (χ2n) is 2.84. The molecule has 80 valence electrons. The third-order valence-electron chi connectivity index (χ3n) is 1.50. The maximum absolute atomic E-state index is 5.38. The number of thiol groups is 1. The SMILES string of the molecule is CCCCOP(=S)(S)OCCCC. The predicted molar refractivity (Wildman–Crippen MR) is 65.0 cm³/mol. The quantitative estimate of drug-likeness (QED) is 0.397. The normalized spacial score (nSPS) is 11.9. The van der Waals surface area contributed by atoms with Crippen LogP contribution in [-0.2, 0) is 20.9 Å². The molecule has 0 aliphatic heterocycles. The molecule has 0 spiro atoms. The Morgan fingerprint density at radius 2 is 1.46 bits per heavy atom. The average molecular weight is 242 g/mol. The van der Waals surface area contributed by atoms with E-state index in [9.17, 15) is 0 Å². The lowest BCUT2D eigenvalue weighted by Gasteiger charge is -2.15. The zero-order valence-electron chi connectivity index (χ0n) is 8.36.